The lowest BCUT2D eigenvalue weighted by Crippen LogP contribution is -2.28. The van der Waals surface area contributed by atoms with Crippen molar-refractivity contribution in [2.45, 2.75) is 77.2 Å². The summed E-state index contributed by atoms with van der Waals surface area (Å²) in [5.74, 6) is -8.46. The molecule has 5 rings (SSSR count). The van der Waals surface area contributed by atoms with Crippen molar-refractivity contribution in [1.82, 2.24) is 0 Å². The average Bonchev–Trinajstić information content (AvgIpc) is 3.06. The van der Waals surface area contributed by atoms with E-state index in [1.165, 1.54) is 24.3 Å². The number of hydrogen-bond acceptors (Lipinski definition) is 4. The molecule has 0 heterocycles. The zero-order valence-corrected chi connectivity index (χ0v) is 25.7. The Bertz CT molecular complexity index is 1610. The van der Waals surface area contributed by atoms with E-state index in [9.17, 15) is 22.4 Å². The molecule has 3 aromatic carbocycles. The van der Waals surface area contributed by atoms with Crippen LogP contribution in [0.4, 0.5) is 26.3 Å². The largest absolute Gasteiger partial charge is 0.491 e. The van der Waals surface area contributed by atoms with Crippen LogP contribution >= 0.6 is 0 Å². The van der Waals surface area contributed by atoms with E-state index in [0.29, 0.717) is 56.3 Å². The van der Waals surface area contributed by atoms with E-state index in [4.69, 9.17) is 14.2 Å². The second-order valence-electron chi connectivity index (χ2n) is 11.7. The van der Waals surface area contributed by atoms with Gasteiger partial charge in [0.15, 0.2) is 34.8 Å². The highest BCUT2D eigenvalue weighted by Gasteiger charge is 2.32. The van der Waals surface area contributed by atoms with Crippen LogP contribution in [0.25, 0.3) is 16.7 Å². The number of allylic oxidation sites excluding steroid dienone is 2. The Morgan fingerprint density at radius 2 is 1.28 bits per heavy atom. The van der Waals surface area contributed by atoms with Crippen LogP contribution in [0.15, 0.2) is 42.5 Å². The molecule has 2 aliphatic rings. The first-order chi connectivity index (χ1) is 22.1. The van der Waals surface area contributed by atoms with Crippen molar-refractivity contribution in [2.24, 2.45) is 5.92 Å². The number of carbonyl (C=O) groups is 1. The summed E-state index contributed by atoms with van der Waals surface area (Å²) in [5.41, 5.74) is -0.0487. The minimum Gasteiger partial charge on any atom is -0.491 e. The summed E-state index contributed by atoms with van der Waals surface area (Å²) >= 11 is 0. The third-order valence-electron chi connectivity index (χ3n) is 8.74. The monoisotopic (exact) mass is 646 g/mol. The molecule has 0 N–H and O–H groups in total. The Morgan fingerprint density at radius 1 is 0.696 bits per heavy atom. The first-order valence-electron chi connectivity index (χ1n) is 15.7. The smallest absolute Gasteiger partial charge is 0.309 e. The molecule has 3 aromatic rings. The Kier molecular flexibility index (Phi) is 10.6. The first-order valence-corrected chi connectivity index (χ1v) is 15.7. The molecule has 1 unspecified atom stereocenters. The molecule has 0 radical (unpaired) electrons. The van der Waals surface area contributed by atoms with Crippen molar-refractivity contribution in [3.8, 4) is 22.6 Å². The number of esters is 1. The zero-order chi connectivity index (χ0) is 33.0. The molecule has 0 spiro atoms. The molecule has 10 heteroatoms. The van der Waals surface area contributed by atoms with E-state index < -0.39 is 51.9 Å². The quantitative estimate of drug-likeness (QED) is 0.163. The predicted octanol–water partition coefficient (Wildman–Crippen LogP) is 9.83. The molecule has 0 bridgehead atoms. The molecule has 1 atom stereocenters. The normalized spacial score (nSPS) is 19.8. The van der Waals surface area contributed by atoms with Crippen molar-refractivity contribution >= 4 is 11.5 Å². The second kappa shape index (κ2) is 14.6. The number of halogens is 6. The van der Waals surface area contributed by atoms with Gasteiger partial charge < -0.3 is 14.2 Å². The van der Waals surface area contributed by atoms with Crippen LogP contribution in [-0.4, -0.2) is 25.3 Å². The maximum atomic E-state index is 15.2. The van der Waals surface area contributed by atoms with E-state index in [-0.39, 0.29) is 54.5 Å². The number of benzene rings is 3. The molecular weight excluding hydrogens is 610 g/mol. The molecule has 0 aromatic heterocycles. The van der Waals surface area contributed by atoms with Crippen molar-refractivity contribution < 1.29 is 45.3 Å². The van der Waals surface area contributed by atoms with Gasteiger partial charge in [-0.1, -0.05) is 31.2 Å². The number of hydrogen-bond donors (Lipinski definition) is 0. The van der Waals surface area contributed by atoms with Crippen LogP contribution < -0.4 is 9.47 Å². The van der Waals surface area contributed by atoms with Crippen molar-refractivity contribution in [2.75, 3.05) is 13.2 Å². The van der Waals surface area contributed by atoms with Crippen LogP contribution in [0, 0.1) is 40.8 Å². The molecule has 2 aliphatic carbocycles. The molecule has 1 saturated carbocycles. The van der Waals surface area contributed by atoms with E-state index in [2.05, 4.69) is 0 Å². The summed E-state index contributed by atoms with van der Waals surface area (Å²) in [4.78, 5) is 12.9. The summed E-state index contributed by atoms with van der Waals surface area (Å²) in [6.07, 6.45) is 5.00. The lowest BCUT2D eigenvalue weighted by atomic mass is 9.82. The Balaban J connectivity index is 1.18. The highest BCUT2D eigenvalue weighted by Crippen LogP contribution is 2.40. The van der Waals surface area contributed by atoms with Gasteiger partial charge in [0, 0.05) is 16.7 Å². The highest BCUT2D eigenvalue weighted by molar-refractivity contribution is 5.77. The average molecular weight is 647 g/mol. The molecule has 0 amide bonds. The van der Waals surface area contributed by atoms with Gasteiger partial charge in [-0.3, -0.25) is 4.79 Å². The molecule has 246 valence electrons. The summed E-state index contributed by atoms with van der Waals surface area (Å²) in [6.45, 7) is 3.89. The maximum absolute atomic E-state index is 15.2. The van der Waals surface area contributed by atoms with Gasteiger partial charge in [0.25, 0.3) is 0 Å². The van der Waals surface area contributed by atoms with Gasteiger partial charge in [0.1, 0.15) is 6.10 Å². The minimum atomic E-state index is -1.34. The maximum Gasteiger partial charge on any atom is 0.309 e. The topological polar surface area (TPSA) is 44.8 Å². The van der Waals surface area contributed by atoms with Gasteiger partial charge in [-0.25, -0.2) is 17.6 Å². The number of rotatable bonds is 10. The summed E-state index contributed by atoms with van der Waals surface area (Å²) in [5, 5.41) is 0. The van der Waals surface area contributed by atoms with Crippen LogP contribution in [0.3, 0.4) is 0 Å². The van der Waals surface area contributed by atoms with E-state index >= 15 is 8.78 Å². The SMILES string of the molecule is CCCOc1ccc(C2CCC(OC(=O)C3CC=C(c4ccc(-c5ccc(OCC)c(F)c5F)c(F)c4F)CC3)CC2)c(F)c1F. The third kappa shape index (κ3) is 6.90. The summed E-state index contributed by atoms with van der Waals surface area (Å²) in [6, 6.07) is 7.86. The first kappa shape index (κ1) is 33.4. The van der Waals surface area contributed by atoms with Gasteiger partial charge in [-0.2, -0.15) is 8.78 Å². The molecular formula is C36H36F6O4. The number of ether oxygens (including phenoxy) is 3. The molecule has 0 saturated heterocycles. The van der Waals surface area contributed by atoms with E-state index in [0.717, 1.165) is 6.07 Å². The Hall–Kier alpha value is -3.95. The van der Waals surface area contributed by atoms with Crippen molar-refractivity contribution in [1.29, 1.82) is 0 Å². The molecule has 46 heavy (non-hydrogen) atoms. The molecule has 4 nitrogen and oxygen atoms in total. The lowest BCUT2D eigenvalue weighted by molar-refractivity contribution is -0.156. The van der Waals surface area contributed by atoms with Crippen LogP contribution in [0.5, 0.6) is 11.5 Å². The summed E-state index contributed by atoms with van der Waals surface area (Å²) in [7, 11) is 0. The Morgan fingerprint density at radius 3 is 1.93 bits per heavy atom. The van der Waals surface area contributed by atoms with Gasteiger partial charge in [-0.15, -0.1) is 0 Å². The second-order valence-corrected chi connectivity index (χ2v) is 11.7. The van der Waals surface area contributed by atoms with Gasteiger partial charge in [-0.05, 0) is 93.5 Å². The molecule has 0 aliphatic heterocycles. The highest BCUT2D eigenvalue weighted by atomic mass is 19.2. The fourth-order valence-electron chi connectivity index (χ4n) is 6.24. The van der Waals surface area contributed by atoms with Crippen LogP contribution in [-0.2, 0) is 9.53 Å². The zero-order valence-electron chi connectivity index (χ0n) is 25.7. The Labute approximate surface area is 264 Å². The standard InChI is InChI=1S/C36H36F6O4/c1-3-19-45-29-17-15-25(31(38)35(29)42)21-9-11-23(12-10-21)46-36(43)22-7-5-20(6-8-22)24-13-14-26(32(39)30(24)37)27-16-18-28(44-4-2)34(41)33(27)40/h5,13-18,21-23H,3-4,6-12,19H2,1-2H3. The fourth-order valence-corrected chi connectivity index (χ4v) is 6.24. The number of carbonyl (C=O) groups excluding carboxylic acids is 1. The van der Waals surface area contributed by atoms with Crippen molar-refractivity contribution in [3.63, 3.8) is 0 Å². The fraction of sp³-hybridized carbons (Fsp3) is 0.417. The van der Waals surface area contributed by atoms with Gasteiger partial charge in [0.05, 0.1) is 19.1 Å². The minimum absolute atomic E-state index is 0.00756. The van der Waals surface area contributed by atoms with Crippen molar-refractivity contribution in [3.05, 3.63) is 88.5 Å². The predicted molar refractivity (Wildman–Crippen MR) is 161 cm³/mol. The van der Waals surface area contributed by atoms with Gasteiger partial charge in [0.2, 0.25) is 11.6 Å². The molecule has 1 fully saturated rings. The lowest BCUT2D eigenvalue weighted by Gasteiger charge is -2.30. The van der Waals surface area contributed by atoms with E-state index in [1.54, 1.807) is 19.1 Å². The summed E-state index contributed by atoms with van der Waals surface area (Å²) < 4.78 is 105. The van der Waals surface area contributed by atoms with Gasteiger partial charge >= 0.3 is 5.97 Å². The van der Waals surface area contributed by atoms with Crippen LogP contribution in [0.1, 0.15) is 82.3 Å². The van der Waals surface area contributed by atoms with Crippen LogP contribution in [0.2, 0.25) is 0 Å². The van der Waals surface area contributed by atoms with E-state index in [1.807, 2.05) is 6.92 Å². The third-order valence-corrected chi connectivity index (χ3v) is 8.74.